The molecule has 10 heteroatoms. The molecule has 1 saturated heterocycles. The maximum absolute atomic E-state index is 10.6. The zero-order valence-electron chi connectivity index (χ0n) is 9.24. The summed E-state index contributed by atoms with van der Waals surface area (Å²) in [6, 6.07) is 0. The third-order valence-electron chi connectivity index (χ3n) is 2.27. The minimum atomic E-state index is -5.08. The fourth-order valence-electron chi connectivity index (χ4n) is 1.41. The standard InChI is InChI=1S/C6H11N5.C2HF3O2/c1-2-5(4-7-3-1)6-8-10-11-9-6;3-2(4,5)1(6)7/h5,7H,1-4H2,(H,8,9,10,11);(H,6,7)/t5-;/m1./s1. The molecule has 0 bridgehead atoms. The van der Waals surface area contributed by atoms with E-state index in [0.717, 1.165) is 18.9 Å². The highest BCUT2D eigenvalue weighted by Crippen LogP contribution is 2.17. The smallest absolute Gasteiger partial charge is 0.475 e. The van der Waals surface area contributed by atoms with Crippen molar-refractivity contribution in [2.45, 2.75) is 24.9 Å². The van der Waals surface area contributed by atoms with E-state index in [0.29, 0.717) is 5.92 Å². The van der Waals surface area contributed by atoms with E-state index >= 15 is 0 Å². The van der Waals surface area contributed by atoms with Gasteiger partial charge in [0, 0.05) is 12.5 Å². The summed E-state index contributed by atoms with van der Waals surface area (Å²) in [5, 5.41) is 24.3. The van der Waals surface area contributed by atoms with Crippen LogP contribution in [0.1, 0.15) is 24.6 Å². The van der Waals surface area contributed by atoms with E-state index in [9.17, 15) is 13.2 Å². The number of aromatic nitrogens is 4. The molecule has 1 aromatic heterocycles. The maximum Gasteiger partial charge on any atom is 0.490 e. The summed E-state index contributed by atoms with van der Waals surface area (Å²) < 4.78 is 31.7. The van der Waals surface area contributed by atoms with Crippen molar-refractivity contribution >= 4 is 5.97 Å². The summed E-state index contributed by atoms with van der Waals surface area (Å²) in [6.07, 6.45) is -2.70. The minimum Gasteiger partial charge on any atom is -0.475 e. The summed E-state index contributed by atoms with van der Waals surface area (Å²) in [4.78, 5) is 8.90. The predicted octanol–water partition coefficient (Wildman–Crippen LogP) is 0.300. The number of aliphatic carboxylic acids is 1. The number of carboxylic acids is 1. The highest BCUT2D eigenvalue weighted by Gasteiger charge is 2.38. The van der Waals surface area contributed by atoms with E-state index in [4.69, 9.17) is 9.90 Å². The molecule has 18 heavy (non-hydrogen) atoms. The van der Waals surface area contributed by atoms with Crippen molar-refractivity contribution in [3.8, 4) is 0 Å². The predicted molar refractivity (Wildman–Crippen MR) is 52.7 cm³/mol. The van der Waals surface area contributed by atoms with Gasteiger partial charge in [-0.25, -0.2) is 4.79 Å². The topological polar surface area (TPSA) is 104 Å². The molecule has 0 spiro atoms. The summed E-state index contributed by atoms with van der Waals surface area (Å²) >= 11 is 0. The Morgan fingerprint density at radius 2 is 2.11 bits per heavy atom. The van der Waals surface area contributed by atoms with Crippen molar-refractivity contribution in [1.29, 1.82) is 0 Å². The van der Waals surface area contributed by atoms with Crippen molar-refractivity contribution in [3.05, 3.63) is 5.82 Å². The van der Waals surface area contributed by atoms with E-state index < -0.39 is 12.1 Å². The zero-order valence-corrected chi connectivity index (χ0v) is 9.24. The number of alkyl halides is 3. The van der Waals surface area contributed by atoms with Crippen LogP contribution in [0.4, 0.5) is 13.2 Å². The lowest BCUT2D eigenvalue weighted by Crippen LogP contribution is -2.28. The van der Waals surface area contributed by atoms with Crippen LogP contribution in [0.15, 0.2) is 0 Å². The van der Waals surface area contributed by atoms with Crippen molar-refractivity contribution in [2.75, 3.05) is 13.1 Å². The summed E-state index contributed by atoms with van der Waals surface area (Å²) in [6.45, 7) is 2.11. The van der Waals surface area contributed by atoms with Crippen LogP contribution in [-0.4, -0.2) is 51.0 Å². The Bertz CT molecular complexity index is 361. The fourth-order valence-corrected chi connectivity index (χ4v) is 1.41. The monoisotopic (exact) mass is 267 g/mol. The quantitative estimate of drug-likeness (QED) is 0.676. The number of nitrogens with one attached hydrogen (secondary N) is 2. The number of carboxylic acid groups (broad SMARTS) is 1. The Morgan fingerprint density at radius 1 is 1.44 bits per heavy atom. The molecule has 102 valence electrons. The molecule has 0 amide bonds. The molecule has 0 aromatic carbocycles. The van der Waals surface area contributed by atoms with Crippen molar-refractivity contribution < 1.29 is 23.1 Å². The fraction of sp³-hybridized carbons (Fsp3) is 0.750. The molecule has 1 aliphatic rings. The molecule has 0 unspecified atom stereocenters. The van der Waals surface area contributed by atoms with Crippen LogP contribution in [0.3, 0.4) is 0 Å². The van der Waals surface area contributed by atoms with E-state index in [2.05, 4.69) is 25.9 Å². The van der Waals surface area contributed by atoms with Crippen LogP contribution in [0.2, 0.25) is 0 Å². The molecular weight excluding hydrogens is 255 g/mol. The summed E-state index contributed by atoms with van der Waals surface area (Å²) in [5.41, 5.74) is 0. The Labute approximate surface area is 99.8 Å². The zero-order chi connectivity index (χ0) is 13.6. The Kier molecular flexibility index (Phi) is 5.01. The van der Waals surface area contributed by atoms with Gasteiger partial charge in [0.05, 0.1) is 0 Å². The van der Waals surface area contributed by atoms with Gasteiger partial charge in [0.15, 0.2) is 5.82 Å². The lowest BCUT2D eigenvalue weighted by atomic mass is 9.99. The third kappa shape index (κ3) is 4.65. The van der Waals surface area contributed by atoms with Gasteiger partial charge >= 0.3 is 12.1 Å². The molecule has 0 radical (unpaired) electrons. The first-order valence-electron chi connectivity index (χ1n) is 5.15. The minimum absolute atomic E-state index is 0.461. The maximum atomic E-state index is 10.6. The van der Waals surface area contributed by atoms with Crippen LogP contribution >= 0.6 is 0 Å². The van der Waals surface area contributed by atoms with E-state index in [-0.39, 0.29) is 0 Å². The highest BCUT2D eigenvalue weighted by atomic mass is 19.4. The molecule has 7 nitrogen and oxygen atoms in total. The van der Waals surface area contributed by atoms with Crippen molar-refractivity contribution in [1.82, 2.24) is 25.9 Å². The van der Waals surface area contributed by atoms with Gasteiger partial charge in [-0.3, -0.25) is 0 Å². The van der Waals surface area contributed by atoms with E-state index in [1.54, 1.807) is 0 Å². The molecule has 3 N–H and O–H groups in total. The SMILES string of the molecule is C1CNC[C@H](c2nn[nH]n2)C1.O=C(O)C(F)(F)F. The van der Waals surface area contributed by atoms with Crippen LogP contribution in [0.25, 0.3) is 0 Å². The first kappa shape index (κ1) is 14.4. The van der Waals surface area contributed by atoms with E-state index in [1.807, 2.05) is 0 Å². The van der Waals surface area contributed by atoms with Gasteiger partial charge in [-0.05, 0) is 19.4 Å². The number of hydrogen-bond donors (Lipinski definition) is 3. The number of piperidine rings is 1. The molecule has 0 aliphatic carbocycles. The second-order valence-electron chi connectivity index (χ2n) is 3.62. The number of rotatable bonds is 1. The Hall–Kier alpha value is -1.71. The molecule has 2 heterocycles. The lowest BCUT2D eigenvalue weighted by Gasteiger charge is -2.18. The normalized spacial score (nSPS) is 19.8. The second kappa shape index (κ2) is 6.28. The number of tetrazole rings is 1. The molecule has 1 atom stereocenters. The van der Waals surface area contributed by atoms with Crippen LogP contribution in [0, 0.1) is 0 Å². The van der Waals surface area contributed by atoms with Crippen LogP contribution in [0.5, 0.6) is 0 Å². The summed E-state index contributed by atoms with van der Waals surface area (Å²) in [7, 11) is 0. The van der Waals surface area contributed by atoms with Gasteiger partial charge in [-0.2, -0.15) is 18.4 Å². The second-order valence-corrected chi connectivity index (χ2v) is 3.62. The summed E-state index contributed by atoms with van der Waals surface area (Å²) in [5.74, 6) is -1.45. The number of hydrogen-bond acceptors (Lipinski definition) is 5. The van der Waals surface area contributed by atoms with Gasteiger partial charge in [-0.1, -0.05) is 5.21 Å². The van der Waals surface area contributed by atoms with Crippen LogP contribution < -0.4 is 5.32 Å². The Morgan fingerprint density at radius 3 is 2.50 bits per heavy atom. The van der Waals surface area contributed by atoms with Crippen molar-refractivity contribution in [3.63, 3.8) is 0 Å². The van der Waals surface area contributed by atoms with Gasteiger partial charge in [0.2, 0.25) is 0 Å². The average Bonchev–Trinajstić information content (AvgIpc) is 2.83. The molecule has 1 aromatic rings. The van der Waals surface area contributed by atoms with Gasteiger partial charge in [0.1, 0.15) is 0 Å². The van der Waals surface area contributed by atoms with E-state index in [1.165, 1.54) is 12.8 Å². The molecule has 1 aliphatic heterocycles. The van der Waals surface area contributed by atoms with Gasteiger partial charge in [-0.15, -0.1) is 10.2 Å². The molecular formula is C8H12F3N5O2. The lowest BCUT2D eigenvalue weighted by molar-refractivity contribution is -0.192. The third-order valence-corrected chi connectivity index (χ3v) is 2.27. The number of carbonyl (C=O) groups is 1. The first-order valence-corrected chi connectivity index (χ1v) is 5.15. The molecule has 0 saturated carbocycles. The number of aromatic amines is 1. The van der Waals surface area contributed by atoms with Gasteiger partial charge < -0.3 is 10.4 Å². The number of nitrogens with zero attached hydrogens (tertiary/aromatic N) is 3. The van der Waals surface area contributed by atoms with Gasteiger partial charge in [0.25, 0.3) is 0 Å². The molecule has 2 rings (SSSR count). The molecule has 1 fully saturated rings. The average molecular weight is 267 g/mol. The Balaban J connectivity index is 0.000000203. The highest BCUT2D eigenvalue weighted by molar-refractivity contribution is 5.73. The van der Waals surface area contributed by atoms with Crippen molar-refractivity contribution in [2.24, 2.45) is 0 Å². The number of halogens is 3. The largest absolute Gasteiger partial charge is 0.490 e. The number of H-pyrrole nitrogens is 1. The first-order chi connectivity index (χ1) is 8.41. The van der Waals surface area contributed by atoms with Crippen LogP contribution in [-0.2, 0) is 4.79 Å².